The Morgan fingerprint density at radius 3 is 3.00 bits per heavy atom. The van der Waals surface area contributed by atoms with E-state index >= 15 is 0 Å². The van der Waals surface area contributed by atoms with Gasteiger partial charge >= 0.3 is 5.69 Å². The quantitative estimate of drug-likeness (QED) is 0.674. The van der Waals surface area contributed by atoms with Crippen molar-refractivity contribution in [3.63, 3.8) is 0 Å². The molecule has 1 unspecified atom stereocenters. The van der Waals surface area contributed by atoms with Gasteiger partial charge in [0.25, 0.3) is 0 Å². The van der Waals surface area contributed by atoms with Gasteiger partial charge in [-0.1, -0.05) is 6.92 Å². The van der Waals surface area contributed by atoms with Gasteiger partial charge in [0.1, 0.15) is 0 Å². The van der Waals surface area contributed by atoms with Crippen molar-refractivity contribution in [3.8, 4) is 0 Å². The highest BCUT2D eigenvalue weighted by Crippen LogP contribution is 1.95. The molecule has 13 heavy (non-hydrogen) atoms. The molecule has 2 N–H and O–H groups in total. The molecule has 0 aromatic carbocycles. The number of hydrogen-bond acceptors (Lipinski definition) is 3. The number of nitrogens with zero attached hydrogens (tertiary/aromatic N) is 2. The number of amides is 1. The highest BCUT2D eigenvalue weighted by atomic mass is 16.1. The zero-order valence-corrected chi connectivity index (χ0v) is 7.30. The first kappa shape index (κ1) is 9.44. The molecule has 1 aromatic rings. The smallest absolute Gasteiger partial charge is 0.347 e. The molecule has 0 spiro atoms. The predicted octanol–water partition coefficient (Wildman–Crippen LogP) is -0.635. The van der Waals surface area contributed by atoms with Crippen molar-refractivity contribution in [1.29, 1.82) is 0 Å². The molecular formula is C8H11N3O2. The first-order valence-corrected chi connectivity index (χ1v) is 3.92. The molecule has 0 bridgehead atoms. The second-order valence-electron chi connectivity index (χ2n) is 2.86. The molecule has 0 aliphatic rings. The average molecular weight is 181 g/mol. The molecule has 5 nitrogen and oxygen atoms in total. The molecule has 1 atom stereocenters. The molecule has 1 amide bonds. The summed E-state index contributed by atoms with van der Waals surface area (Å²) < 4.78 is 1.36. The summed E-state index contributed by atoms with van der Waals surface area (Å²) >= 11 is 0. The number of carbonyl (C=O) groups is 1. The Morgan fingerprint density at radius 2 is 2.46 bits per heavy atom. The van der Waals surface area contributed by atoms with E-state index in [2.05, 4.69) is 4.98 Å². The van der Waals surface area contributed by atoms with Crippen LogP contribution in [-0.4, -0.2) is 15.5 Å². The fourth-order valence-electron chi connectivity index (χ4n) is 0.911. The monoisotopic (exact) mass is 181 g/mol. The number of nitrogens with two attached hydrogens (primary N) is 1. The standard InChI is InChI=1S/C8H11N3O2/c1-6(7(9)12)5-11-4-2-3-10-8(11)13/h2-4,6H,5H2,1H3,(H2,9,12). The van der Waals surface area contributed by atoms with Gasteiger partial charge in [-0.25, -0.2) is 9.78 Å². The zero-order chi connectivity index (χ0) is 9.84. The molecular weight excluding hydrogens is 170 g/mol. The molecule has 0 aliphatic carbocycles. The van der Waals surface area contributed by atoms with Crippen LogP contribution < -0.4 is 11.4 Å². The van der Waals surface area contributed by atoms with Crippen LogP contribution in [0.15, 0.2) is 23.3 Å². The van der Waals surface area contributed by atoms with E-state index in [1.54, 1.807) is 19.2 Å². The van der Waals surface area contributed by atoms with Gasteiger partial charge < -0.3 is 5.73 Å². The molecule has 1 aromatic heterocycles. The lowest BCUT2D eigenvalue weighted by atomic mass is 10.2. The van der Waals surface area contributed by atoms with Crippen LogP contribution in [0.5, 0.6) is 0 Å². The van der Waals surface area contributed by atoms with Crippen molar-refractivity contribution in [1.82, 2.24) is 9.55 Å². The first-order chi connectivity index (χ1) is 6.11. The number of aromatic nitrogens is 2. The van der Waals surface area contributed by atoms with Crippen molar-refractivity contribution < 1.29 is 4.79 Å². The highest BCUT2D eigenvalue weighted by molar-refractivity contribution is 5.76. The van der Waals surface area contributed by atoms with Crippen molar-refractivity contribution in [2.24, 2.45) is 11.7 Å². The summed E-state index contributed by atoms with van der Waals surface area (Å²) in [4.78, 5) is 25.3. The molecule has 0 fully saturated rings. The van der Waals surface area contributed by atoms with E-state index in [9.17, 15) is 9.59 Å². The van der Waals surface area contributed by atoms with Crippen LogP contribution in [0.1, 0.15) is 6.92 Å². The largest absolute Gasteiger partial charge is 0.369 e. The Morgan fingerprint density at radius 1 is 1.77 bits per heavy atom. The van der Waals surface area contributed by atoms with E-state index in [0.717, 1.165) is 0 Å². The normalized spacial score (nSPS) is 12.4. The maximum atomic E-state index is 11.1. The average Bonchev–Trinajstić information content (AvgIpc) is 2.08. The minimum atomic E-state index is -0.421. The molecule has 0 saturated heterocycles. The second-order valence-corrected chi connectivity index (χ2v) is 2.86. The van der Waals surface area contributed by atoms with Crippen molar-refractivity contribution in [3.05, 3.63) is 28.9 Å². The third-order valence-electron chi connectivity index (χ3n) is 1.74. The van der Waals surface area contributed by atoms with E-state index in [1.807, 2.05) is 0 Å². The summed E-state index contributed by atoms with van der Waals surface area (Å²) in [6, 6.07) is 1.63. The molecule has 0 saturated carbocycles. The van der Waals surface area contributed by atoms with Gasteiger partial charge in [-0.05, 0) is 6.07 Å². The minimum Gasteiger partial charge on any atom is -0.369 e. The van der Waals surface area contributed by atoms with E-state index in [-0.39, 0.29) is 18.2 Å². The molecule has 1 rings (SSSR count). The summed E-state index contributed by atoms with van der Waals surface area (Å²) in [7, 11) is 0. The Labute approximate surface area is 75.2 Å². The Bertz CT molecular complexity index is 358. The summed E-state index contributed by atoms with van der Waals surface area (Å²) in [6.07, 6.45) is 2.99. The van der Waals surface area contributed by atoms with Crippen LogP contribution in [0.2, 0.25) is 0 Å². The topological polar surface area (TPSA) is 78.0 Å². The molecule has 70 valence electrons. The number of primary amides is 1. The molecule has 0 radical (unpaired) electrons. The molecule has 0 aliphatic heterocycles. The fourth-order valence-corrected chi connectivity index (χ4v) is 0.911. The van der Waals surface area contributed by atoms with Crippen LogP contribution in [0.4, 0.5) is 0 Å². The van der Waals surface area contributed by atoms with Gasteiger partial charge in [0, 0.05) is 18.9 Å². The number of rotatable bonds is 3. The lowest BCUT2D eigenvalue weighted by molar-refractivity contribution is -0.121. The Hall–Kier alpha value is -1.65. The second kappa shape index (κ2) is 3.84. The van der Waals surface area contributed by atoms with E-state index < -0.39 is 5.91 Å². The summed E-state index contributed by atoms with van der Waals surface area (Å²) in [6.45, 7) is 1.95. The summed E-state index contributed by atoms with van der Waals surface area (Å²) in [5.74, 6) is -0.780. The number of hydrogen-bond donors (Lipinski definition) is 1. The van der Waals surface area contributed by atoms with Crippen LogP contribution in [0, 0.1) is 5.92 Å². The van der Waals surface area contributed by atoms with Gasteiger partial charge in [-0.15, -0.1) is 0 Å². The van der Waals surface area contributed by atoms with Gasteiger partial charge in [-0.3, -0.25) is 9.36 Å². The van der Waals surface area contributed by atoms with E-state index in [1.165, 1.54) is 10.8 Å². The first-order valence-electron chi connectivity index (χ1n) is 3.92. The minimum absolute atomic E-state index is 0.280. The highest BCUT2D eigenvalue weighted by Gasteiger charge is 2.09. The number of carbonyl (C=O) groups excluding carboxylic acids is 1. The van der Waals surface area contributed by atoms with Gasteiger partial charge in [0.05, 0.1) is 5.92 Å². The van der Waals surface area contributed by atoms with E-state index in [4.69, 9.17) is 5.73 Å². The van der Waals surface area contributed by atoms with E-state index in [0.29, 0.717) is 0 Å². The summed E-state index contributed by atoms with van der Waals surface area (Å²) in [5.41, 5.74) is 4.69. The molecule has 1 heterocycles. The Kier molecular flexibility index (Phi) is 2.79. The van der Waals surface area contributed by atoms with Gasteiger partial charge in [-0.2, -0.15) is 0 Å². The molecule has 5 heteroatoms. The van der Waals surface area contributed by atoms with Crippen LogP contribution in [-0.2, 0) is 11.3 Å². The van der Waals surface area contributed by atoms with Crippen LogP contribution >= 0.6 is 0 Å². The van der Waals surface area contributed by atoms with Gasteiger partial charge in [0.15, 0.2) is 0 Å². The predicted molar refractivity (Wildman–Crippen MR) is 46.9 cm³/mol. The van der Waals surface area contributed by atoms with Crippen LogP contribution in [0.3, 0.4) is 0 Å². The third kappa shape index (κ3) is 2.40. The SMILES string of the molecule is CC(Cn1cccnc1=O)C(N)=O. The van der Waals surface area contributed by atoms with Crippen LogP contribution in [0.25, 0.3) is 0 Å². The van der Waals surface area contributed by atoms with Crippen molar-refractivity contribution in [2.75, 3.05) is 0 Å². The maximum Gasteiger partial charge on any atom is 0.347 e. The Balaban J connectivity index is 2.81. The fraction of sp³-hybridized carbons (Fsp3) is 0.375. The zero-order valence-electron chi connectivity index (χ0n) is 7.30. The van der Waals surface area contributed by atoms with Crippen molar-refractivity contribution in [2.45, 2.75) is 13.5 Å². The van der Waals surface area contributed by atoms with Crippen molar-refractivity contribution >= 4 is 5.91 Å². The van der Waals surface area contributed by atoms with Gasteiger partial charge in [0.2, 0.25) is 5.91 Å². The lowest BCUT2D eigenvalue weighted by Gasteiger charge is -2.08. The lowest BCUT2D eigenvalue weighted by Crippen LogP contribution is -2.30. The maximum absolute atomic E-state index is 11.1. The third-order valence-corrected chi connectivity index (χ3v) is 1.74. The summed E-state index contributed by atoms with van der Waals surface area (Å²) in [5, 5.41) is 0.